The molecule has 1 atom stereocenters. The van der Waals surface area contributed by atoms with Crippen molar-refractivity contribution in [3.8, 4) is 5.75 Å². The van der Waals surface area contributed by atoms with Gasteiger partial charge in [0, 0.05) is 18.2 Å². The molecule has 0 spiro atoms. The molecule has 2 heterocycles. The fourth-order valence-corrected chi connectivity index (χ4v) is 3.26. The highest BCUT2D eigenvalue weighted by Gasteiger charge is 2.29. The molecule has 1 aliphatic heterocycles. The molecule has 0 radical (unpaired) electrons. The van der Waals surface area contributed by atoms with Crippen molar-refractivity contribution in [2.45, 2.75) is 25.6 Å². The van der Waals surface area contributed by atoms with E-state index in [-0.39, 0.29) is 17.5 Å². The first-order valence-electron chi connectivity index (χ1n) is 10.0. The minimum absolute atomic E-state index is 0.194. The van der Waals surface area contributed by atoms with Gasteiger partial charge in [-0.1, -0.05) is 30.3 Å². The van der Waals surface area contributed by atoms with E-state index in [0.29, 0.717) is 35.6 Å². The van der Waals surface area contributed by atoms with Crippen LogP contribution in [0.3, 0.4) is 0 Å². The standard InChI is InChI=1S/C17H16N2O4.C7H5F3/c1-10-9-11(4-5-12(10)17(21)22)16(20)19-13-6-8-23-14-3-2-7-18-15(13)14;8-7(9,10)6-4-2-1-3-5-6/h2-5,7,9,13H,6,8H2,1H3,(H,19,20)(H,21,22);1-5H. The summed E-state index contributed by atoms with van der Waals surface area (Å²) in [5.41, 5.74) is 1.28. The Morgan fingerprint density at radius 3 is 2.42 bits per heavy atom. The van der Waals surface area contributed by atoms with Gasteiger partial charge in [0.25, 0.3) is 5.91 Å². The number of hydrogen-bond acceptors (Lipinski definition) is 4. The molecule has 0 saturated carbocycles. The highest BCUT2D eigenvalue weighted by atomic mass is 19.4. The molecule has 1 unspecified atom stereocenters. The summed E-state index contributed by atoms with van der Waals surface area (Å²) in [5, 5.41) is 12.0. The number of aryl methyl sites for hydroxylation is 1. The molecule has 172 valence electrons. The van der Waals surface area contributed by atoms with Crippen LogP contribution in [0.5, 0.6) is 5.75 Å². The highest BCUT2D eigenvalue weighted by molar-refractivity contribution is 5.97. The molecule has 1 aromatic heterocycles. The molecule has 0 fully saturated rings. The Labute approximate surface area is 188 Å². The van der Waals surface area contributed by atoms with E-state index in [4.69, 9.17) is 9.84 Å². The third-order valence-corrected chi connectivity index (χ3v) is 4.92. The molecular weight excluding hydrogens is 437 g/mol. The highest BCUT2D eigenvalue weighted by Crippen LogP contribution is 2.30. The van der Waals surface area contributed by atoms with Gasteiger partial charge < -0.3 is 15.2 Å². The third-order valence-electron chi connectivity index (χ3n) is 4.92. The van der Waals surface area contributed by atoms with Gasteiger partial charge in [0.2, 0.25) is 0 Å². The Morgan fingerprint density at radius 1 is 1.09 bits per heavy atom. The SMILES string of the molecule is Cc1cc(C(=O)NC2CCOc3cccnc32)ccc1C(=O)O.FC(F)(F)c1ccccc1. The average molecular weight is 458 g/mol. The van der Waals surface area contributed by atoms with Crippen LogP contribution < -0.4 is 10.1 Å². The molecule has 9 heteroatoms. The first-order valence-corrected chi connectivity index (χ1v) is 10.0. The maximum Gasteiger partial charge on any atom is 0.416 e. The van der Waals surface area contributed by atoms with Crippen LogP contribution in [0.4, 0.5) is 13.2 Å². The molecule has 6 nitrogen and oxygen atoms in total. The van der Waals surface area contributed by atoms with Crippen LogP contribution in [0.2, 0.25) is 0 Å². The number of aromatic carboxylic acids is 1. The smallest absolute Gasteiger partial charge is 0.416 e. The van der Waals surface area contributed by atoms with E-state index in [1.54, 1.807) is 31.3 Å². The minimum atomic E-state index is -4.21. The summed E-state index contributed by atoms with van der Waals surface area (Å²) in [4.78, 5) is 27.7. The third kappa shape index (κ3) is 6.09. The van der Waals surface area contributed by atoms with Crippen molar-refractivity contribution in [2.75, 3.05) is 6.61 Å². The number of nitrogens with zero attached hydrogens (tertiary/aromatic N) is 1. The van der Waals surface area contributed by atoms with Gasteiger partial charge in [0.1, 0.15) is 11.4 Å². The van der Waals surface area contributed by atoms with Crippen LogP contribution in [-0.4, -0.2) is 28.6 Å². The zero-order valence-corrected chi connectivity index (χ0v) is 17.6. The molecule has 2 aromatic carbocycles. The van der Waals surface area contributed by atoms with E-state index in [1.807, 2.05) is 6.07 Å². The second-order valence-electron chi connectivity index (χ2n) is 7.25. The van der Waals surface area contributed by atoms with Gasteiger partial charge >= 0.3 is 12.1 Å². The lowest BCUT2D eigenvalue weighted by molar-refractivity contribution is -0.137. The van der Waals surface area contributed by atoms with Crippen molar-refractivity contribution >= 4 is 11.9 Å². The Kier molecular flexibility index (Phi) is 7.32. The lowest BCUT2D eigenvalue weighted by Gasteiger charge is -2.25. The van der Waals surface area contributed by atoms with Crippen molar-refractivity contribution in [1.29, 1.82) is 0 Å². The summed E-state index contributed by atoms with van der Waals surface area (Å²) < 4.78 is 40.9. The van der Waals surface area contributed by atoms with E-state index in [0.717, 1.165) is 12.1 Å². The lowest BCUT2D eigenvalue weighted by atomic mass is 10.0. The van der Waals surface area contributed by atoms with Crippen LogP contribution in [0.25, 0.3) is 0 Å². The number of benzene rings is 2. The largest absolute Gasteiger partial charge is 0.491 e. The van der Waals surface area contributed by atoms with Crippen LogP contribution in [0.15, 0.2) is 66.9 Å². The summed E-state index contributed by atoms with van der Waals surface area (Å²) in [6, 6.07) is 14.3. The van der Waals surface area contributed by atoms with Gasteiger partial charge in [-0.25, -0.2) is 4.79 Å². The number of halogens is 3. The molecular formula is C24H21F3N2O4. The van der Waals surface area contributed by atoms with E-state index < -0.39 is 17.7 Å². The number of rotatable bonds is 3. The van der Waals surface area contributed by atoms with Crippen molar-refractivity contribution in [1.82, 2.24) is 10.3 Å². The number of aromatic nitrogens is 1. The summed E-state index contributed by atoms with van der Waals surface area (Å²) in [5.74, 6) is -0.577. The summed E-state index contributed by atoms with van der Waals surface area (Å²) in [6.45, 7) is 2.19. The van der Waals surface area contributed by atoms with E-state index in [9.17, 15) is 22.8 Å². The van der Waals surface area contributed by atoms with E-state index in [2.05, 4.69) is 10.3 Å². The fourth-order valence-electron chi connectivity index (χ4n) is 3.26. The molecule has 0 aliphatic carbocycles. The van der Waals surface area contributed by atoms with E-state index >= 15 is 0 Å². The molecule has 0 saturated heterocycles. The summed E-state index contributed by atoms with van der Waals surface area (Å²) in [7, 11) is 0. The maximum absolute atomic E-state index is 12.4. The molecule has 3 aromatic rings. The van der Waals surface area contributed by atoms with Gasteiger partial charge in [-0.05, 0) is 42.8 Å². The topological polar surface area (TPSA) is 88.5 Å². The van der Waals surface area contributed by atoms with Crippen molar-refractivity contribution in [3.63, 3.8) is 0 Å². The Hall–Kier alpha value is -3.88. The second-order valence-corrected chi connectivity index (χ2v) is 7.25. The van der Waals surface area contributed by atoms with Gasteiger partial charge in [0.15, 0.2) is 0 Å². The molecule has 0 bridgehead atoms. The average Bonchev–Trinajstić information content (AvgIpc) is 2.79. The Bertz CT molecular complexity index is 1130. The summed E-state index contributed by atoms with van der Waals surface area (Å²) in [6.07, 6.45) is -1.90. The number of carbonyl (C=O) groups is 2. The number of pyridine rings is 1. The van der Waals surface area contributed by atoms with Crippen LogP contribution in [0, 0.1) is 6.92 Å². The van der Waals surface area contributed by atoms with Crippen molar-refractivity contribution in [2.24, 2.45) is 0 Å². The lowest BCUT2D eigenvalue weighted by Crippen LogP contribution is -2.32. The summed E-state index contributed by atoms with van der Waals surface area (Å²) >= 11 is 0. The zero-order valence-electron chi connectivity index (χ0n) is 17.6. The number of fused-ring (bicyclic) bond motifs is 1. The number of hydrogen-bond donors (Lipinski definition) is 2. The molecule has 1 aliphatic rings. The van der Waals surface area contributed by atoms with Gasteiger partial charge in [-0.2, -0.15) is 13.2 Å². The predicted molar refractivity (Wildman–Crippen MR) is 114 cm³/mol. The zero-order chi connectivity index (χ0) is 24.0. The monoisotopic (exact) mass is 458 g/mol. The number of nitrogens with one attached hydrogen (secondary N) is 1. The molecule has 1 amide bonds. The number of carboxylic acids is 1. The second kappa shape index (κ2) is 10.2. The van der Waals surface area contributed by atoms with Gasteiger partial charge in [-0.3, -0.25) is 9.78 Å². The maximum atomic E-state index is 12.4. The van der Waals surface area contributed by atoms with Crippen LogP contribution >= 0.6 is 0 Å². The minimum Gasteiger partial charge on any atom is -0.491 e. The van der Waals surface area contributed by atoms with Crippen molar-refractivity contribution in [3.05, 3.63) is 94.8 Å². The molecule has 33 heavy (non-hydrogen) atoms. The molecule has 2 N–H and O–H groups in total. The number of ether oxygens (including phenoxy) is 1. The number of carboxylic acid groups (broad SMARTS) is 1. The molecule has 4 rings (SSSR count). The van der Waals surface area contributed by atoms with Gasteiger partial charge in [0.05, 0.1) is 23.8 Å². The number of carbonyl (C=O) groups excluding carboxylic acids is 1. The number of alkyl halides is 3. The quantitative estimate of drug-likeness (QED) is 0.574. The van der Waals surface area contributed by atoms with Crippen molar-refractivity contribution < 1.29 is 32.6 Å². The first kappa shape index (κ1) is 23.8. The first-order chi connectivity index (χ1) is 15.7. The van der Waals surface area contributed by atoms with E-state index in [1.165, 1.54) is 24.3 Å². The number of amides is 1. The predicted octanol–water partition coefficient (Wildman–Crippen LogP) is 5.05. The fraction of sp³-hybridized carbons (Fsp3) is 0.208. The normalized spacial score (nSPS) is 14.7. The Balaban J connectivity index is 0.000000257. The Morgan fingerprint density at radius 2 is 1.82 bits per heavy atom. The van der Waals surface area contributed by atoms with Crippen LogP contribution in [-0.2, 0) is 6.18 Å². The van der Waals surface area contributed by atoms with Crippen LogP contribution in [0.1, 0.15) is 50.0 Å². The van der Waals surface area contributed by atoms with Gasteiger partial charge in [-0.15, -0.1) is 0 Å².